The van der Waals surface area contributed by atoms with Crippen LogP contribution < -0.4 is 0 Å². The molecule has 0 aliphatic rings. The van der Waals surface area contributed by atoms with E-state index in [1.54, 1.807) is 6.92 Å². The summed E-state index contributed by atoms with van der Waals surface area (Å²) in [5.41, 5.74) is -0.188. The fraction of sp³-hybridized carbons (Fsp3) is 0.417. The number of ether oxygens (including phenoxy) is 1. The number of carbonyl (C=O) groups is 1. The Hall–Kier alpha value is -2.00. The Balaban J connectivity index is 2.95. The minimum Gasteiger partial charge on any atom is -0.469 e. The predicted molar refractivity (Wildman–Crippen MR) is 74.2 cm³/mol. The number of nitrogens with zero attached hydrogens (tertiary/aromatic N) is 2. The Bertz CT molecular complexity index is 611. The van der Waals surface area contributed by atoms with Crippen LogP contribution >= 0.6 is 0 Å². The SMILES string of the molecule is CCN(CCC(=O)OC)S(=O)(=O)c1ccc([N+](=O)[O-])cc1. The van der Waals surface area contributed by atoms with Crippen LogP contribution in [0.5, 0.6) is 0 Å². The van der Waals surface area contributed by atoms with Crippen molar-refractivity contribution in [3.63, 3.8) is 0 Å². The molecule has 8 nitrogen and oxygen atoms in total. The summed E-state index contributed by atoms with van der Waals surface area (Å²) in [6.45, 7) is 1.80. The number of sulfonamides is 1. The average molecular weight is 316 g/mol. The van der Waals surface area contributed by atoms with Gasteiger partial charge in [0.25, 0.3) is 5.69 Å². The summed E-state index contributed by atoms with van der Waals surface area (Å²) in [4.78, 5) is 21.0. The van der Waals surface area contributed by atoms with Crippen molar-refractivity contribution >= 4 is 21.7 Å². The molecule has 0 aliphatic heterocycles. The van der Waals surface area contributed by atoms with E-state index in [2.05, 4.69) is 4.74 Å². The first kappa shape index (κ1) is 17.1. The third-order valence-corrected chi connectivity index (χ3v) is 4.82. The fourth-order valence-electron chi connectivity index (χ4n) is 1.66. The molecule has 0 radical (unpaired) electrons. The van der Waals surface area contributed by atoms with E-state index >= 15 is 0 Å². The van der Waals surface area contributed by atoms with Gasteiger partial charge in [-0.15, -0.1) is 0 Å². The summed E-state index contributed by atoms with van der Waals surface area (Å²) in [7, 11) is -2.57. The molecular weight excluding hydrogens is 300 g/mol. The lowest BCUT2D eigenvalue weighted by Crippen LogP contribution is -2.33. The average Bonchev–Trinajstić information content (AvgIpc) is 2.47. The van der Waals surface area contributed by atoms with Gasteiger partial charge in [0, 0.05) is 25.2 Å². The molecular formula is C12H16N2O6S. The first-order valence-electron chi connectivity index (χ1n) is 6.14. The van der Waals surface area contributed by atoms with Crippen molar-refractivity contribution in [1.29, 1.82) is 0 Å². The standard InChI is InChI=1S/C12H16N2O6S/c1-3-13(9-8-12(15)20-2)21(18,19)11-6-4-10(5-7-11)14(16)17/h4-7H,3,8-9H2,1-2H3. The van der Waals surface area contributed by atoms with E-state index in [9.17, 15) is 23.3 Å². The molecule has 0 heterocycles. The summed E-state index contributed by atoms with van der Waals surface area (Å²) in [6, 6.07) is 4.60. The van der Waals surface area contributed by atoms with Crippen LogP contribution in [0.1, 0.15) is 13.3 Å². The van der Waals surface area contributed by atoms with E-state index in [4.69, 9.17) is 0 Å². The molecule has 0 N–H and O–H groups in total. The fourth-order valence-corrected chi connectivity index (χ4v) is 3.10. The lowest BCUT2D eigenvalue weighted by Gasteiger charge is -2.19. The molecule has 0 aromatic heterocycles. The first-order chi connectivity index (χ1) is 9.82. The number of benzene rings is 1. The summed E-state index contributed by atoms with van der Waals surface area (Å²) in [5, 5.41) is 10.6. The Morgan fingerprint density at radius 2 is 1.90 bits per heavy atom. The largest absolute Gasteiger partial charge is 0.469 e. The number of hydrogen-bond acceptors (Lipinski definition) is 6. The maximum absolute atomic E-state index is 12.3. The predicted octanol–water partition coefficient (Wildman–Crippen LogP) is 1.17. The molecule has 0 amide bonds. The molecule has 1 aromatic carbocycles. The van der Waals surface area contributed by atoms with E-state index in [1.165, 1.54) is 19.2 Å². The highest BCUT2D eigenvalue weighted by Gasteiger charge is 2.24. The van der Waals surface area contributed by atoms with E-state index in [0.717, 1.165) is 16.4 Å². The summed E-state index contributed by atoms with van der Waals surface area (Å²) in [5.74, 6) is -0.507. The first-order valence-corrected chi connectivity index (χ1v) is 7.58. The number of methoxy groups -OCH3 is 1. The second-order valence-electron chi connectivity index (χ2n) is 4.07. The van der Waals surface area contributed by atoms with Crippen molar-refractivity contribution in [1.82, 2.24) is 4.31 Å². The third kappa shape index (κ3) is 4.23. The number of nitro groups is 1. The topological polar surface area (TPSA) is 107 Å². The summed E-state index contributed by atoms with van der Waals surface area (Å²) in [6.07, 6.45) is -0.0590. The zero-order valence-electron chi connectivity index (χ0n) is 11.7. The normalized spacial score (nSPS) is 11.4. The van der Waals surface area contributed by atoms with Gasteiger partial charge in [0.05, 0.1) is 23.3 Å². The second kappa shape index (κ2) is 7.14. The van der Waals surface area contributed by atoms with Crippen LogP contribution in [0.25, 0.3) is 0 Å². The monoisotopic (exact) mass is 316 g/mol. The number of carbonyl (C=O) groups excluding carboxylic acids is 1. The number of hydrogen-bond donors (Lipinski definition) is 0. The van der Waals surface area contributed by atoms with E-state index in [0.29, 0.717) is 0 Å². The van der Waals surface area contributed by atoms with Crippen molar-refractivity contribution in [3.8, 4) is 0 Å². The molecule has 0 atom stereocenters. The van der Waals surface area contributed by atoms with Gasteiger partial charge in [0.2, 0.25) is 10.0 Å². The molecule has 0 saturated heterocycles. The highest BCUT2D eigenvalue weighted by molar-refractivity contribution is 7.89. The van der Waals surface area contributed by atoms with Crippen LogP contribution in [0, 0.1) is 10.1 Å². The lowest BCUT2D eigenvalue weighted by molar-refractivity contribution is -0.384. The van der Waals surface area contributed by atoms with Crippen molar-refractivity contribution in [2.45, 2.75) is 18.2 Å². The molecule has 0 unspecified atom stereocenters. The number of nitro benzene ring substituents is 1. The minimum absolute atomic E-state index is 0.0114. The van der Waals surface area contributed by atoms with Crippen LogP contribution in [-0.2, 0) is 19.6 Å². The quantitative estimate of drug-likeness (QED) is 0.424. The van der Waals surface area contributed by atoms with Gasteiger partial charge in [-0.1, -0.05) is 6.92 Å². The van der Waals surface area contributed by atoms with Gasteiger partial charge in [-0.2, -0.15) is 4.31 Å². The van der Waals surface area contributed by atoms with Gasteiger partial charge in [0.15, 0.2) is 0 Å². The Morgan fingerprint density at radius 3 is 2.33 bits per heavy atom. The van der Waals surface area contributed by atoms with Crippen LogP contribution in [0.3, 0.4) is 0 Å². The molecule has 1 aromatic rings. The maximum atomic E-state index is 12.3. The zero-order valence-corrected chi connectivity index (χ0v) is 12.5. The molecule has 0 fully saturated rings. The zero-order chi connectivity index (χ0) is 16.0. The summed E-state index contributed by atoms with van der Waals surface area (Å²) >= 11 is 0. The Kier molecular flexibility index (Phi) is 5.79. The Labute approximate surface area is 122 Å². The highest BCUT2D eigenvalue weighted by atomic mass is 32.2. The van der Waals surface area contributed by atoms with E-state index in [1.807, 2.05) is 0 Å². The van der Waals surface area contributed by atoms with Gasteiger partial charge in [-0.25, -0.2) is 8.42 Å². The second-order valence-corrected chi connectivity index (χ2v) is 6.01. The third-order valence-electron chi connectivity index (χ3n) is 2.83. The lowest BCUT2D eigenvalue weighted by atomic mass is 10.3. The molecule has 21 heavy (non-hydrogen) atoms. The van der Waals surface area contributed by atoms with Gasteiger partial charge in [-0.3, -0.25) is 14.9 Å². The van der Waals surface area contributed by atoms with Gasteiger partial charge in [0.1, 0.15) is 0 Å². The number of esters is 1. The smallest absolute Gasteiger partial charge is 0.306 e. The highest BCUT2D eigenvalue weighted by Crippen LogP contribution is 2.19. The van der Waals surface area contributed by atoms with Gasteiger partial charge < -0.3 is 4.74 Å². The summed E-state index contributed by atoms with van der Waals surface area (Å²) < 4.78 is 30.3. The molecule has 0 saturated carbocycles. The van der Waals surface area contributed by atoms with Crippen molar-refractivity contribution < 1.29 is 22.9 Å². The molecule has 0 spiro atoms. The van der Waals surface area contributed by atoms with Gasteiger partial charge >= 0.3 is 5.97 Å². The van der Waals surface area contributed by atoms with Crippen LogP contribution in [0.2, 0.25) is 0 Å². The van der Waals surface area contributed by atoms with Crippen molar-refractivity contribution in [2.24, 2.45) is 0 Å². The van der Waals surface area contributed by atoms with E-state index < -0.39 is 20.9 Å². The molecule has 0 aliphatic carbocycles. The van der Waals surface area contributed by atoms with Crippen LogP contribution in [0.4, 0.5) is 5.69 Å². The van der Waals surface area contributed by atoms with Crippen molar-refractivity contribution in [2.75, 3.05) is 20.2 Å². The Morgan fingerprint density at radius 1 is 1.33 bits per heavy atom. The van der Waals surface area contributed by atoms with Crippen LogP contribution in [-0.4, -0.2) is 43.8 Å². The number of rotatable bonds is 7. The molecule has 0 bridgehead atoms. The minimum atomic E-state index is -3.79. The van der Waals surface area contributed by atoms with Crippen LogP contribution in [0.15, 0.2) is 29.2 Å². The number of non-ortho nitro benzene ring substituents is 1. The van der Waals surface area contributed by atoms with E-state index in [-0.39, 0.29) is 30.1 Å². The molecule has 1 rings (SSSR count). The van der Waals surface area contributed by atoms with Crippen molar-refractivity contribution in [3.05, 3.63) is 34.4 Å². The maximum Gasteiger partial charge on any atom is 0.306 e. The molecule has 116 valence electrons. The van der Waals surface area contributed by atoms with Gasteiger partial charge in [-0.05, 0) is 12.1 Å². The molecule has 9 heteroatoms.